The highest BCUT2D eigenvalue weighted by molar-refractivity contribution is 6.11. The number of pyridine rings is 2. The van der Waals surface area contributed by atoms with E-state index in [9.17, 15) is 9.59 Å². The Morgan fingerprint density at radius 2 is 0.895 bits per heavy atom. The molecular formula is C32H20N2O4. The number of hydrogen-bond donors (Lipinski definition) is 0. The minimum absolute atomic E-state index is 0.186. The molecule has 0 saturated heterocycles. The lowest BCUT2D eigenvalue weighted by Crippen LogP contribution is -2.12. The molecule has 6 nitrogen and oxygen atoms in total. The number of carbonyl (C=O) groups excluding carboxylic acids is 2. The number of aromatic nitrogens is 2. The molecule has 0 saturated carbocycles. The van der Waals surface area contributed by atoms with Gasteiger partial charge in [0, 0.05) is 23.5 Å². The molecule has 38 heavy (non-hydrogen) atoms. The molecule has 0 spiro atoms. The number of ether oxygens (including phenoxy) is 2. The van der Waals surface area contributed by atoms with E-state index in [1.54, 1.807) is 48.5 Å². The molecule has 0 amide bonds. The molecule has 0 aliphatic carbocycles. The van der Waals surface area contributed by atoms with Crippen molar-refractivity contribution < 1.29 is 19.1 Å². The zero-order valence-electron chi connectivity index (χ0n) is 20.1. The third-order valence-electron chi connectivity index (χ3n) is 6.18. The van der Waals surface area contributed by atoms with Crippen LogP contribution in [-0.2, 0) is 0 Å². The third kappa shape index (κ3) is 4.35. The van der Waals surface area contributed by atoms with E-state index >= 15 is 0 Å². The van der Waals surface area contributed by atoms with Crippen molar-refractivity contribution in [1.82, 2.24) is 9.97 Å². The average molecular weight is 497 g/mol. The van der Waals surface area contributed by atoms with Gasteiger partial charge >= 0.3 is 11.9 Å². The second kappa shape index (κ2) is 9.95. The number of hydrogen-bond acceptors (Lipinski definition) is 6. The highest BCUT2D eigenvalue weighted by Crippen LogP contribution is 2.45. The van der Waals surface area contributed by atoms with Gasteiger partial charge in [0.1, 0.15) is 22.9 Å². The Balaban J connectivity index is 1.58. The molecule has 0 radical (unpaired) electrons. The van der Waals surface area contributed by atoms with Gasteiger partial charge in [-0.1, -0.05) is 72.8 Å². The Bertz CT molecular complexity index is 1670. The molecule has 0 aliphatic heterocycles. The predicted octanol–water partition coefficient (Wildman–Crippen LogP) is 6.89. The lowest BCUT2D eigenvalue weighted by Gasteiger charge is -2.18. The average Bonchev–Trinajstić information content (AvgIpc) is 2.98. The van der Waals surface area contributed by atoms with E-state index in [-0.39, 0.29) is 11.4 Å². The van der Waals surface area contributed by atoms with E-state index in [0.717, 1.165) is 21.5 Å². The van der Waals surface area contributed by atoms with E-state index in [1.807, 2.05) is 60.7 Å². The summed E-state index contributed by atoms with van der Waals surface area (Å²) >= 11 is 0. The van der Waals surface area contributed by atoms with E-state index in [2.05, 4.69) is 9.97 Å². The lowest BCUT2D eigenvalue weighted by atomic mass is 9.92. The van der Waals surface area contributed by atoms with Gasteiger partial charge in [0.15, 0.2) is 0 Å². The lowest BCUT2D eigenvalue weighted by molar-refractivity contribution is 0.0717. The van der Waals surface area contributed by atoms with Crippen LogP contribution in [0.4, 0.5) is 0 Å². The normalized spacial score (nSPS) is 10.8. The van der Waals surface area contributed by atoms with Crippen molar-refractivity contribution in [2.45, 2.75) is 0 Å². The standard InChI is InChI=1S/C32H20N2O4/c35-31(25-13-5-7-19-33-25)37-27-17-15-21-9-1-3-11-23(21)29(27)30-24-12-4-2-10-22(24)16-18-28(30)38-32(36)26-14-6-8-20-34-26/h1-20H. The summed E-state index contributed by atoms with van der Waals surface area (Å²) < 4.78 is 11.9. The van der Waals surface area contributed by atoms with Crippen LogP contribution in [0.5, 0.6) is 11.5 Å². The van der Waals surface area contributed by atoms with Gasteiger partial charge in [-0.15, -0.1) is 0 Å². The van der Waals surface area contributed by atoms with E-state index in [1.165, 1.54) is 12.4 Å². The second-order valence-electron chi connectivity index (χ2n) is 8.53. The van der Waals surface area contributed by atoms with Crippen molar-refractivity contribution in [2.24, 2.45) is 0 Å². The molecule has 2 aromatic heterocycles. The first-order valence-corrected chi connectivity index (χ1v) is 12.0. The fraction of sp³-hybridized carbons (Fsp3) is 0. The SMILES string of the molecule is O=C(Oc1ccc2ccccc2c1-c1c(OC(=O)c2ccccn2)ccc2ccccc12)c1ccccn1. The number of rotatable bonds is 5. The molecule has 0 fully saturated rings. The van der Waals surface area contributed by atoms with Gasteiger partial charge in [-0.25, -0.2) is 19.6 Å². The van der Waals surface area contributed by atoms with Crippen LogP contribution in [0.1, 0.15) is 21.0 Å². The molecule has 6 heteroatoms. The first-order valence-electron chi connectivity index (χ1n) is 12.0. The van der Waals surface area contributed by atoms with Crippen LogP contribution in [0.3, 0.4) is 0 Å². The summed E-state index contributed by atoms with van der Waals surface area (Å²) in [5.74, 6) is -0.527. The molecule has 0 bridgehead atoms. The molecule has 6 aromatic rings. The highest BCUT2D eigenvalue weighted by atomic mass is 16.5. The molecule has 0 aliphatic rings. The number of nitrogens with zero attached hydrogens (tertiary/aromatic N) is 2. The van der Waals surface area contributed by atoms with Gasteiger partial charge in [0.2, 0.25) is 0 Å². The van der Waals surface area contributed by atoms with E-state index in [0.29, 0.717) is 22.6 Å². The summed E-state index contributed by atoms with van der Waals surface area (Å²) in [7, 11) is 0. The third-order valence-corrected chi connectivity index (χ3v) is 6.18. The van der Waals surface area contributed by atoms with Crippen LogP contribution < -0.4 is 9.47 Å². The van der Waals surface area contributed by atoms with Gasteiger partial charge in [0.25, 0.3) is 0 Å². The van der Waals surface area contributed by atoms with Gasteiger partial charge in [-0.2, -0.15) is 0 Å². The maximum absolute atomic E-state index is 13.1. The van der Waals surface area contributed by atoms with Crippen molar-refractivity contribution in [1.29, 1.82) is 0 Å². The smallest absolute Gasteiger partial charge is 0.362 e. The Morgan fingerprint density at radius 1 is 0.474 bits per heavy atom. The van der Waals surface area contributed by atoms with Crippen molar-refractivity contribution in [2.75, 3.05) is 0 Å². The molecule has 0 atom stereocenters. The van der Waals surface area contributed by atoms with Gasteiger partial charge < -0.3 is 9.47 Å². The fourth-order valence-electron chi connectivity index (χ4n) is 4.46. The number of benzene rings is 4. The Hall–Kier alpha value is -5.36. The first-order chi connectivity index (χ1) is 18.7. The van der Waals surface area contributed by atoms with E-state index in [4.69, 9.17) is 9.47 Å². The zero-order valence-corrected chi connectivity index (χ0v) is 20.1. The number of esters is 2. The van der Waals surface area contributed by atoms with Crippen molar-refractivity contribution in [3.63, 3.8) is 0 Å². The minimum Gasteiger partial charge on any atom is -0.421 e. The van der Waals surface area contributed by atoms with Gasteiger partial charge in [0.05, 0.1) is 0 Å². The van der Waals surface area contributed by atoms with Crippen molar-refractivity contribution in [3.05, 3.63) is 133 Å². The summed E-state index contributed by atoms with van der Waals surface area (Å²) in [5.41, 5.74) is 1.64. The van der Waals surface area contributed by atoms with Crippen molar-refractivity contribution in [3.8, 4) is 22.6 Å². The van der Waals surface area contributed by atoms with Crippen LogP contribution in [0.2, 0.25) is 0 Å². The summed E-state index contributed by atoms with van der Waals surface area (Å²) in [4.78, 5) is 34.4. The summed E-state index contributed by atoms with van der Waals surface area (Å²) in [6.45, 7) is 0. The Morgan fingerprint density at radius 3 is 1.32 bits per heavy atom. The van der Waals surface area contributed by atoms with Crippen LogP contribution in [0, 0.1) is 0 Å². The first kappa shape index (κ1) is 23.1. The van der Waals surface area contributed by atoms with Gasteiger partial charge in [-0.05, 0) is 57.9 Å². The van der Waals surface area contributed by atoms with Gasteiger partial charge in [-0.3, -0.25) is 0 Å². The maximum Gasteiger partial charge on any atom is 0.362 e. The fourth-order valence-corrected chi connectivity index (χ4v) is 4.46. The van der Waals surface area contributed by atoms with Crippen LogP contribution in [0.15, 0.2) is 122 Å². The predicted molar refractivity (Wildman–Crippen MR) is 145 cm³/mol. The quantitative estimate of drug-likeness (QED) is 0.191. The number of carbonyl (C=O) groups is 2. The molecule has 182 valence electrons. The summed E-state index contributed by atoms with van der Waals surface area (Å²) in [5, 5.41) is 3.56. The highest BCUT2D eigenvalue weighted by Gasteiger charge is 2.23. The summed E-state index contributed by atoms with van der Waals surface area (Å²) in [6.07, 6.45) is 3.08. The zero-order chi connectivity index (χ0) is 25.9. The Labute approximate surface area is 218 Å². The summed E-state index contributed by atoms with van der Waals surface area (Å²) in [6, 6.07) is 33.0. The molecule has 4 aromatic carbocycles. The van der Waals surface area contributed by atoms with Crippen LogP contribution in [-0.4, -0.2) is 21.9 Å². The number of fused-ring (bicyclic) bond motifs is 2. The molecule has 2 heterocycles. The topological polar surface area (TPSA) is 78.4 Å². The van der Waals surface area contributed by atoms with Crippen LogP contribution in [0.25, 0.3) is 32.7 Å². The van der Waals surface area contributed by atoms with E-state index < -0.39 is 11.9 Å². The van der Waals surface area contributed by atoms with Crippen molar-refractivity contribution >= 4 is 33.5 Å². The second-order valence-corrected chi connectivity index (χ2v) is 8.53. The molecular weight excluding hydrogens is 476 g/mol. The largest absolute Gasteiger partial charge is 0.421 e. The van der Waals surface area contributed by atoms with Crippen LogP contribution >= 0.6 is 0 Å². The Kier molecular flexibility index (Phi) is 6.04. The molecule has 6 rings (SSSR count). The minimum atomic E-state index is -0.589. The molecule has 0 unspecified atom stereocenters. The molecule has 0 N–H and O–H groups in total. The monoisotopic (exact) mass is 496 g/mol. The maximum atomic E-state index is 13.1.